The van der Waals surface area contributed by atoms with Crippen molar-refractivity contribution in [2.45, 2.75) is 0 Å². The van der Waals surface area contributed by atoms with Crippen LogP contribution < -0.4 is 10.6 Å². The predicted octanol–water partition coefficient (Wildman–Crippen LogP) is -0.380. The van der Waals surface area contributed by atoms with Gasteiger partial charge in [-0.3, -0.25) is 4.79 Å². The summed E-state index contributed by atoms with van der Waals surface area (Å²) in [5.74, 6) is 1.88. The molecule has 0 aromatic carbocycles. The van der Waals surface area contributed by atoms with Crippen LogP contribution in [0.4, 0.5) is 0 Å². The Morgan fingerprint density at radius 3 is 2.45 bits per heavy atom. The second-order valence-electron chi connectivity index (χ2n) is 3.13. The molecule has 4 heteroatoms. The van der Waals surface area contributed by atoms with Crippen LogP contribution in [0.5, 0.6) is 0 Å². The molecular formula is C7H13ClN2O. The number of piperidine rings is 1. The minimum atomic E-state index is 0. The van der Waals surface area contributed by atoms with Crippen LogP contribution in [-0.2, 0) is 4.79 Å². The maximum atomic E-state index is 11.0. The number of amides is 1. The minimum Gasteiger partial charge on any atom is -0.359 e. The largest absolute Gasteiger partial charge is 0.359 e. The molecule has 1 saturated carbocycles. The Morgan fingerprint density at radius 2 is 2.00 bits per heavy atom. The molecule has 1 unspecified atom stereocenters. The van der Waals surface area contributed by atoms with E-state index in [0.29, 0.717) is 17.8 Å². The van der Waals surface area contributed by atoms with Crippen molar-refractivity contribution < 1.29 is 4.79 Å². The summed E-state index contributed by atoms with van der Waals surface area (Å²) in [7, 11) is 1.71. The Bertz CT molecular complexity index is 164. The average Bonchev–Trinajstić information content (AvgIpc) is 2.43. The summed E-state index contributed by atoms with van der Waals surface area (Å²) in [6.45, 7) is 2.09. The number of halogens is 1. The van der Waals surface area contributed by atoms with E-state index in [4.69, 9.17) is 0 Å². The van der Waals surface area contributed by atoms with Gasteiger partial charge in [-0.25, -0.2) is 0 Å². The van der Waals surface area contributed by atoms with Crippen molar-refractivity contribution in [3.05, 3.63) is 0 Å². The highest BCUT2D eigenvalue weighted by atomic mass is 35.5. The van der Waals surface area contributed by atoms with E-state index in [2.05, 4.69) is 10.6 Å². The summed E-state index contributed by atoms with van der Waals surface area (Å²) in [4.78, 5) is 11.0. The first kappa shape index (κ1) is 8.81. The van der Waals surface area contributed by atoms with Crippen LogP contribution in [0.15, 0.2) is 0 Å². The van der Waals surface area contributed by atoms with Crippen LogP contribution in [0.2, 0.25) is 0 Å². The van der Waals surface area contributed by atoms with Gasteiger partial charge in [0.05, 0.1) is 0 Å². The molecule has 1 aliphatic heterocycles. The van der Waals surface area contributed by atoms with E-state index in [1.165, 1.54) is 0 Å². The van der Waals surface area contributed by atoms with Crippen LogP contribution in [0.1, 0.15) is 0 Å². The van der Waals surface area contributed by atoms with Gasteiger partial charge in [-0.05, 0) is 24.9 Å². The summed E-state index contributed by atoms with van der Waals surface area (Å²) in [5.41, 5.74) is 0. The Labute approximate surface area is 72.3 Å². The van der Waals surface area contributed by atoms with Gasteiger partial charge in [0.1, 0.15) is 0 Å². The summed E-state index contributed by atoms with van der Waals surface area (Å²) in [6.07, 6.45) is 0. The van der Waals surface area contributed by atoms with Crippen molar-refractivity contribution in [3.8, 4) is 0 Å². The quantitative estimate of drug-likeness (QED) is 0.572. The Balaban J connectivity index is 0.000000605. The van der Waals surface area contributed by atoms with E-state index in [0.717, 1.165) is 13.1 Å². The van der Waals surface area contributed by atoms with Crippen molar-refractivity contribution in [2.75, 3.05) is 20.1 Å². The van der Waals surface area contributed by atoms with Crippen molar-refractivity contribution in [1.82, 2.24) is 10.6 Å². The minimum absolute atomic E-state index is 0. The summed E-state index contributed by atoms with van der Waals surface area (Å²) >= 11 is 0. The van der Waals surface area contributed by atoms with E-state index in [-0.39, 0.29) is 18.3 Å². The summed E-state index contributed by atoms with van der Waals surface area (Å²) in [5, 5.41) is 5.94. The molecule has 2 aliphatic rings. The number of carbonyl (C=O) groups is 1. The molecule has 2 rings (SSSR count). The predicted molar refractivity (Wildman–Crippen MR) is 44.7 cm³/mol. The number of hydrogen-bond donors (Lipinski definition) is 2. The Kier molecular flexibility index (Phi) is 2.40. The standard InChI is InChI=1S/C7H12N2O.ClH/c1-8-7(10)6-4-2-9-3-5(4)6;/h4-6,9H,2-3H2,1H3,(H,8,10);1H/t4-,5+,6?;. The van der Waals surface area contributed by atoms with Crippen molar-refractivity contribution in [2.24, 2.45) is 17.8 Å². The van der Waals surface area contributed by atoms with Crippen LogP contribution in [0, 0.1) is 17.8 Å². The third kappa shape index (κ3) is 1.23. The molecule has 3 nitrogen and oxygen atoms in total. The number of carbonyl (C=O) groups excluding carboxylic acids is 1. The Morgan fingerprint density at radius 1 is 1.45 bits per heavy atom. The molecule has 1 heterocycles. The monoisotopic (exact) mass is 176 g/mol. The zero-order valence-corrected chi connectivity index (χ0v) is 7.28. The molecule has 2 N–H and O–H groups in total. The fraction of sp³-hybridized carbons (Fsp3) is 0.857. The smallest absolute Gasteiger partial charge is 0.223 e. The first-order chi connectivity index (χ1) is 4.84. The molecule has 0 bridgehead atoms. The van der Waals surface area contributed by atoms with Crippen LogP contribution in [-0.4, -0.2) is 26.0 Å². The van der Waals surface area contributed by atoms with Gasteiger partial charge in [-0.15, -0.1) is 12.4 Å². The highest BCUT2D eigenvalue weighted by molar-refractivity contribution is 5.85. The lowest BCUT2D eigenvalue weighted by molar-refractivity contribution is -0.122. The number of fused-ring (bicyclic) bond motifs is 1. The lowest BCUT2D eigenvalue weighted by atomic mass is 10.3. The van der Waals surface area contributed by atoms with Crippen molar-refractivity contribution in [1.29, 1.82) is 0 Å². The molecule has 11 heavy (non-hydrogen) atoms. The molecular weight excluding hydrogens is 164 g/mol. The SMILES string of the molecule is CNC(=O)C1[C@H]2CNC[C@@H]12.Cl. The van der Waals surface area contributed by atoms with Crippen molar-refractivity contribution in [3.63, 3.8) is 0 Å². The first-order valence-corrected chi connectivity index (χ1v) is 3.77. The summed E-state index contributed by atoms with van der Waals surface area (Å²) < 4.78 is 0. The van der Waals surface area contributed by atoms with Gasteiger partial charge in [0.2, 0.25) is 5.91 Å². The van der Waals surface area contributed by atoms with E-state index in [9.17, 15) is 4.79 Å². The van der Waals surface area contributed by atoms with Gasteiger partial charge >= 0.3 is 0 Å². The molecule has 1 amide bonds. The second kappa shape index (κ2) is 2.99. The maximum absolute atomic E-state index is 11.0. The molecule has 0 aromatic rings. The number of rotatable bonds is 1. The number of nitrogens with one attached hydrogen (secondary N) is 2. The topological polar surface area (TPSA) is 41.1 Å². The molecule has 0 aromatic heterocycles. The molecule has 0 spiro atoms. The fourth-order valence-electron chi connectivity index (χ4n) is 1.97. The fourth-order valence-corrected chi connectivity index (χ4v) is 1.97. The van der Waals surface area contributed by atoms with Gasteiger partial charge < -0.3 is 10.6 Å². The highest BCUT2D eigenvalue weighted by Crippen LogP contribution is 2.48. The van der Waals surface area contributed by atoms with Crippen molar-refractivity contribution >= 4 is 18.3 Å². The molecule has 64 valence electrons. The van der Waals surface area contributed by atoms with Gasteiger partial charge in [-0.1, -0.05) is 0 Å². The third-order valence-corrected chi connectivity index (χ3v) is 2.64. The highest BCUT2D eigenvalue weighted by Gasteiger charge is 2.56. The maximum Gasteiger partial charge on any atom is 0.223 e. The normalized spacial score (nSPS) is 38.8. The third-order valence-electron chi connectivity index (χ3n) is 2.64. The van der Waals surface area contributed by atoms with E-state index >= 15 is 0 Å². The molecule has 1 aliphatic carbocycles. The Hall–Kier alpha value is -0.280. The average molecular weight is 177 g/mol. The van der Waals surface area contributed by atoms with E-state index < -0.39 is 0 Å². The van der Waals surface area contributed by atoms with Gasteiger partial charge in [0.25, 0.3) is 0 Å². The summed E-state index contributed by atoms with van der Waals surface area (Å²) in [6, 6.07) is 0. The zero-order valence-electron chi connectivity index (χ0n) is 6.46. The molecule has 3 atom stereocenters. The van der Waals surface area contributed by atoms with Gasteiger partial charge in [-0.2, -0.15) is 0 Å². The van der Waals surface area contributed by atoms with Crippen LogP contribution in [0.25, 0.3) is 0 Å². The van der Waals surface area contributed by atoms with E-state index in [1.54, 1.807) is 7.05 Å². The lowest BCUT2D eigenvalue weighted by Crippen LogP contribution is -2.26. The lowest BCUT2D eigenvalue weighted by Gasteiger charge is -2.01. The first-order valence-electron chi connectivity index (χ1n) is 3.77. The second-order valence-corrected chi connectivity index (χ2v) is 3.13. The van der Waals surface area contributed by atoms with Crippen LogP contribution in [0.3, 0.4) is 0 Å². The molecule has 0 radical (unpaired) electrons. The number of hydrogen-bond acceptors (Lipinski definition) is 2. The van der Waals surface area contributed by atoms with Crippen LogP contribution >= 0.6 is 12.4 Å². The molecule has 2 fully saturated rings. The zero-order chi connectivity index (χ0) is 7.14. The van der Waals surface area contributed by atoms with E-state index in [1.807, 2.05) is 0 Å². The van der Waals surface area contributed by atoms with Gasteiger partial charge in [0, 0.05) is 13.0 Å². The van der Waals surface area contributed by atoms with Gasteiger partial charge in [0.15, 0.2) is 0 Å². The molecule has 1 saturated heterocycles.